The van der Waals surface area contributed by atoms with Crippen LogP contribution >= 0.6 is 0 Å². The highest BCUT2D eigenvalue weighted by molar-refractivity contribution is 5.45. The monoisotopic (exact) mass is 237 g/mol. The van der Waals surface area contributed by atoms with Gasteiger partial charge in [-0.3, -0.25) is 0 Å². The average molecular weight is 237 g/mol. The van der Waals surface area contributed by atoms with Crippen LogP contribution in [0.5, 0.6) is 0 Å². The fraction of sp³-hybridized carbons (Fsp3) is 0.444. The number of hydrogen-bond donors (Lipinski definition) is 1. The van der Waals surface area contributed by atoms with Crippen molar-refractivity contribution >= 4 is 5.69 Å². The van der Waals surface area contributed by atoms with Crippen LogP contribution in [-0.4, -0.2) is 37.1 Å². The molecule has 1 N–H and O–H groups in total. The summed E-state index contributed by atoms with van der Waals surface area (Å²) in [6.07, 6.45) is 0. The second kappa shape index (κ2) is 5.11. The molecule has 1 aromatic heterocycles. The number of nitrogens with one attached hydrogen (secondary N) is 1. The van der Waals surface area contributed by atoms with Gasteiger partial charge in [-0.2, -0.15) is 22.5 Å². The van der Waals surface area contributed by atoms with Crippen LogP contribution < -0.4 is 5.32 Å². The highest BCUT2D eigenvalue weighted by Crippen LogP contribution is 2.21. The van der Waals surface area contributed by atoms with Crippen molar-refractivity contribution < 1.29 is 17.6 Å². The SMILES string of the molecule is CN(C)CCNc1c(F)c(F)nc(F)c1F. The van der Waals surface area contributed by atoms with Crippen LogP contribution in [0.3, 0.4) is 0 Å². The average Bonchev–Trinajstić information content (AvgIpc) is 2.20. The Morgan fingerprint density at radius 2 is 1.56 bits per heavy atom. The minimum Gasteiger partial charge on any atom is -0.379 e. The summed E-state index contributed by atoms with van der Waals surface area (Å²) in [5.41, 5.74) is -0.827. The van der Waals surface area contributed by atoms with E-state index in [-0.39, 0.29) is 6.54 Å². The lowest BCUT2D eigenvalue weighted by atomic mass is 10.3. The van der Waals surface area contributed by atoms with Crippen molar-refractivity contribution in [3.63, 3.8) is 0 Å². The first-order chi connectivity index (χ1) is 7.43. The Morgan fingerprint density at radius 1 is 1.06 bits per heavy atom. The van der Waals surface area contributed by atoms with Gasteiger partial charge >= 0.3 is 0 Å². The summed E-state index contributed by atoms with van der Waals surface area (Å²) in [4.78, 5) is 4.19. The van der Waals surface area contributed by atoms with E-state index in [1.807, 2.05) is 0 Å². The van der Waals surface area contributed by atoms with Crippen molar-refractivity contribution in [3.05, 3.63) is 23.5 Å². The predicted octanol–water partition coefficient (Wildman–Crippen LogP) is 1.61. The molecule has 0 aliphatic heterocycles. The van der Waals surface area contributed by atoms with E-state index in [4.69, 9.17) is 0 Å². The van der Waals surface area contributed by atoms with Gasteiger partial charge in [-0.05, 0) is 14.1 Å². The molecule has 0 aromatic carbocycles. The van der Waals surface area contributed by atoms with E-state index in [2.05, 4.69) is 10.3 Å². The van der Waals surface area contributed by atoms with Gasteiger partial charge in [-0.15, -0.1) is 0 Å². The van der Waals surface area contributed by atoms with E-state index >= 15 is 0 Å². The first-order valence-electron chi connectivity index (χ1n) is 4.52. The Labute approximate surface area is 90.1 Å². The zero-order valence-corrected chi connectivity index (χ0v) is 8.82. The molecule has 90 valence electrons. The van der Waals surface area contributed by atoms with Gasteiger partial charge in [0.05, 0.1) is 0 Å². The Kier molecular flexibility index (Phi) is 4.05. The minimum absolute atomic E-state index is 0.156. The lowest BCUT2D eigenvalue weighted by Crippen LogP contribution is -2.22. The van der Waals surface area contributed by atoms with Crippen LogP contribution in [0.15, 0.2) is 0 Å². The topological polar surface area (TPSA) is 28.2 Å². The number of nitrogens with zero attached hydrogens (tertiary/aromatic N) is 2. The molecule has 0 atom stereocenters. The number of aromatic nitrogens is 1. The summed E-state index contributed by atoms with van der Waals surface area (Å²) in [6, 6.07) is 0. The second-order valence-electron chi connectivity index (χ2n) is 3.43. The number of anilines is 1. The molecule has 0 aliphatic rings. The molecule has 3 nitrogen and oxygen atoms in total. The summed E-state index contributed by atoms with van der Waals surface area (Å²) in [7, 11) is 3.50. The maximum Gasteiger partial charge on any atom is 0.253 e. The molecule has 0 spiro atoms. The van der Waals surface area contributed by atoms with Crippen molar-refractivity contribution in [3.8, 4) is 0 Å². The maximum atomic E-state index is 13.0. The molecule has 0 bridgehead atoms. The van der Waals surface area contributed by atoms with E-state index in [9.17, 15) is 17.6 Å². The Morgan fingerprint density at radius 3 is 2.00 bits per heavy atom. The molecule has 7 heteroatoms. The molecular weight excluding hydrogens is 226 g/mol. The first-order valence-corrected chi connectivity index (χ1v) is 4.52. The Hall–Kier alpha value is -1.37. The van der Waals surface area contributed by atoms with Gasteiger partial charge in [0.1, 0.15) is 5.69 Å². The van der Waals surface area contributed by atoms with Crippen molar-refractivity contribution in [2.24, 2.45) is 0 Å². The van der Waals surface area contributed by atoms with Crippen molar-refractivity contribution in [2.45, 2.75) is 0 Å². The van der Waals surface area contributed by atoms with Crippen molar-refractivity contribution in [2.75, 3.05) is 32.5 Å². The van der Waals surface area contributed by atoms with Gasteiger partial charge < -0.3 is 10.2 Å². The summed E-state index contributed by atoms with van der Waals surface area (Å²) in [5, 5.41) is 2.28. The molecule has 0 aliphatic carbocycles. The molecule has 1 aromatic rings. The molecule has 1 heterocycles. The quantitative estimate of drug-likeness (QED) is 0.637. The van der Waals surface area contributed by atoms with E-state index in [1.54, 1.807) is 19.0 Å². The number of hydrogen-bond acceptors (Lipinski definition) is 3. The molecule has 0 radical (unpaired) electrons. The Bertz CT molecular complexity index is 355. The maximum absolute atomic E-state index is 13.0. The molecule has 0 amide bonds. The van der Waals surface area contributed by atoms with E-state index in [0.717, 1.165) is 0 Å². The van der Waals surface area contributed by atoms with Crippen molar-refractivity contribution in [1.82, 2.24) is 9.88 Å². The summed E-state index contributed by atoms with van der Waals surface area (Å²) < 4.78 is 51.4. The van der Waals surface area contributed by atoms with Crippen LogP contribution in [0, 0.1) is 23.5 Å². The fourth-order valence-corrected chi connectivity index (χ4v) is 1.05. The summed E-state index contributed by atoms with van der Waals surface area (Å²) >= 11 is 0. The van der Waals surface area contributed by atoms with Crippen LogP contribution in [0.25, 0.3) is 0 Å². The van der Waals surface area contributed by atoms with Gasteiger partial charge in [0.2, 0.25) is 11.6 Å². The molecule has 16 heavy (non-hydrogen) atoms. The van der Waals surface area contributed by atoms with Gasteiger partial charge in [0, 0.05) is 13.1 Å². The lowest BCUT2D eigenvalue weighted by Gasteiger charge is -2.12. The van der Waals surface area contributed by atoms with Crippen molar-refractivity contribution in [1.29, 1.82) is 0 Å². The first kappa shape index (κ1) is 12.7. The fourth-order valence-electron chi connectivity index (χ4n) is 1.05. The molecular formula is C9H11F4N3. The summed E-state index contributed by atoms with van der Waals surface area (Å²) in [6.45, 7) is 0.619. The van der Waals surface area contributed by atoms with E-state index in [0.29, 0.717) is 6.54 Å². The lowest BCUT2D eigenvalue weighted by molar-refractivity contribution is 0.405. The highest BCUT2D eigenvalue weighted by Gasteiger charge is 2.20. The largest absolute Gasteiger partial charge is 0.379 e. The molecule has 0 saturated carbocycles. The predicted molar refractivity (Wildman–Crippen MR) is 51.1 cm³/mol. The molecule has 0 fully saturated rings. The Balaban J connectivity index is 2.86. The minimum atomic E-state index is -1.66. The third kappa shape index (κ3) is 2.82. The number of likely N-dealkylation sites (N-methyl/N-ethyl adjacent to an activating group) is 1. The molecule has 0 saturated heterocycles. The number of halogens is 4. The van der Waals surface area contributed by atoms with Crippen LogP contribution in [0.1, 0.15) is 0 Å². The van der Waals surface area contributed by atoms with E-state index in [1.165, 1.54) is 0 Å². The smallest absolute Gasteiger partial charge is 0.253 e. The normalized spacial score (nSPS) is 10.9. The van der Waals surface area contributed by atoms with Crippen LogP contribution in [0.4, 0.5) is 23.2 Å². The zero-order valence-electron chi connectivity index (χ0n) is 8.82. The number of rotatable bonds is 4. The van der Waals surface area contributed by atoms with Gasteiger partial charge in [0.15, 0.2) is 0 Å². The summed E-state index contributed by atoms with van der Waals surface area (Å²) in [5.74, 6) is -6.35. The third-order valence-electron chi connectivity index (χ3n) is 1.86. The van der Waals surface area contributed by atoms with Gasteiger partial charge in [0.25, 0.3) is 11.9 Å². The number of pyridine rings is 1. The van der Waals surface area contributed by atoms with E-state index < -0.39 is 29.2 Å². The van der Waals surface area contributed by atoms with Crippen LogP contribution in [-0.2, 0) is 0 Å². The standard InChI is InChI=1S/C9H11F4N3/c1-16(2)4-3-14-7-5(10)8(12)15-9(13)6(7)11/h3-4H2,1-2H3,(H,14,15). The zero-order chi connectivity index (χ0) is 12.3. The third-order valence-corrected chi connectivity index (χ3v) is 1.86. The molecule has 0 unspecified atom stereocenters. The van der Waals surface area contributed by atoms with Gasteiger partial charge in [-0.25, -0.2) is 0 Å². The second-order valence-corrected chi connectivity index (χ2v) is 3.43. The van der Waals surface area contributed by atoms with Gasteiger partial charge in [-0.1, -0.05) is 0 Å². The molecule has 1 rings (SSSR count). The highest BCUT2D eigenvalue weighted by atomic mass is 19.2. The van der Waals surface area contributed by atoms with Crippen LogP contribution in [0.2, 0.25) is 0 Å².